The number of hydrogen-bond acceptors (Lipinski definition) is 3. The monoisotopic (exact) mass is 293 g/mol. The molecule has 0 aliphatic carbocycles. The fourth-order valence-electron chi connectivity index (χ4n) is 2.46. The molecule has 3 unspecified atom stereocenters. The lowest BCUT2D eigenvalue weighted by Gasteiger charge is -2.32. The van der Waals surface area contributed by atoms with Gasteiger partial charge in [0.15, 0.2) is 0 Å². The molecule has 1 rings (SSSR count). The van der Waals surface area contributed by atoms with E-state index in [4.69, 9.17) is 10.5 Å². The fraction of sp³-hybridized carbons (Fsp3) is 0.667. The van der Waals surface area contributed by atoms with Crippen LogP contribution in [0.25, 0.3) is 0 Å². The molecule has 0 heterocycles. The lowest BCUT2D eigenvalue weighted by Crippen LogP contribution is -2.30. The largest absolute Gasteiger partial charge is 0.496 e. The second kappa shape index (κ2) is 7.28. The van der Waals surface area contributed by atoms with Crippen LogP contribution in [-0.2, 0) is 0 Å². The maximum atomic E-state index is 10.6. The Morgan fingerprint density at radius 2 is 1.90 bits per heavy atom. The van der Waals surface area contributed by atoms with Gasteiger partial charge in [-0.05, 0) is 41.9 Å². The van der Waals surface area contributed by atoms with E-state index in [0.29, 0.717) is 12.5 Å². The number of nitrogens with two attached hydrogens (primary N) is 1. The Labute approximate surface area is 129 Å². The number of rotatable bonds is 6. The zero-order chi connectivity index (χ0) is 16.2. The van der Waals surface area contributed by atoms with E-state index in [0.717, 1.165) is 23.3 Å². The molecule has 3 nitrogen and oxygen atoms in total. The second-order valence-electron chi connectivity index (χ2n) is 7.14. The van der Waals surface area contributed by atoms with Gasteiger partial charge in [0.25, 0.3) is 0 Å². The standard InChI is InChI=1S/C18H31NO2/c1-12-7-8-14(10-17(12)21-6)15(11-19)16(20)9-13(2)18(3,4)5/h7-8,10,13,15-16,20H,9,11,19H2,1-6H3. The van der Waals surface area contributed by atoms with Crippen molar-refractivity contribution in [2.45, 2.75) is 53.1 Å². The van der Waals surface area contributed by atoms with Crippen molar-refractivity contribution in [1.29, 1.82) is 0 Å². The predicted molar refractivity (Wildman–Crippen MR) is 88.8 cm³/mol. The van der Waals surface area contributed by atoms with E-state index < -0.39 is 6.10 Å². The minimum absolute atomic E-state index is 0.0516. The summed E-state index contributed by atoms with van der Waals surface area (Å²) >= 11 is 0. The summed E-state index contributed by atoms with van der Waals surface area (Å²) in [7, 11) is 1.67. The molecule has 0 amide bonds. The first kappa shape index (κ1) is 18.0. The van der Waals surface area contributed by atoms with Gasteiger partial charge in [-0.2, -0.15) is 0 Å². The van der Waals surface area contributed by atoms with Crippen molar-refractivity contribution < 1.29 is 9.84 Å². The van der Waals surface area contributed by atoms with E-state index >= 15 is 0 Å². The van der Waals surface area contributed by atoms with Gasteiger partial charge in [-0.25, -0.2) is 0 Å². The van der Waals surface area contributed by atoms with Crippen LogP contribution in [0.2, 0.25) is 0 Å². The first-order valence-corrected chi connectivity index (χ1v) is 7.73. The molecule has 0 fully saturated rings. The third kappa shape index (κ3) is 4.72. The van der Waals surface area contributed by atoms with Crippen LogP contribution in [0.5, 0.6) is 5.75 Å². The van der Waals surface area contributed by atoms with Crippen LogP contribution in [0.1, 0.15) is 51.2 Å². The third-order valence-electron chi connectivity index (χ3n) is 4.65. The molecule has 1 aromatic rings. The number of benzene rings is 1. The van der Waals surface area contributed by atoms with Gasteiger partial charge in [0.05, 0.1) is 13.2 Å². The Morgan fingerprint density at radius 1 is 1.29 bits per heavy atom. The minimum Gasteiger partial charge on any atom is -0.496 e. The van der Waals surface area contributed by atoms with Gasteiger partial charge in [-0.1, -0.05) is 39.8 Å². The summed E-state index contributed by atoms with van der Waals surface area (Å²) < 4.78 is 5.37. The lowest BCUT2D eigenvalue weighted by atomic mass is 9.76. The molecule has 0 spiro atoms. The number of aryl methyl sites for hydroxylation is 1. The van der Waals surface area contributed by atoms with Crippen molar-refractivity contribution >= 4 is 0 Å². The average Bonchev–Trinajstić information content (AvgIpc) is 2.40. The molecule has 21 heavy (non-hydrogen) atoms. The first-order chi connectivity index (χ1) is 9.70. The van der Waals surface area contributed by atoms with Gasteiger partial charge in [0, 0.05) is 12.5 Å². The molecule has 0 saturated carbocycles. The van der Waals surface area contributed by atoms with Crippen LogP contribution >= 0.6 is 0 Å². The van der Waals surface area contributed by atoms with Gasteiger partial charge in [-0.15, -0.1) is 0 Å². The van der Waals surface area contributed by atoms with E-state index in [1.165, 1.54) is 0 Å². The van der Waals surface area contributed by atoms with Crippen molar-refractivity contribution in [3.63, 3.8) is 0 Å². The second-order valence-corrected chi connectivity index (χ2v) is 7.14. The number of hydrogen-bond donors (Lipinski definition) is 2. The zero-order valence-corrected chi connectivity index (χ0v) is 14.3. The SMILES string of the molecule is COc1cc(C(CN)C(O)CC(C)C(C)(C)C)ccc1C. The molecular formula is C18H31NO2. The zero-order valence-electron chi connectivity index (χ0n) is 14.3. The van der Waals surface area contributed by atoms with E-state index in [1.807, 2.05) is 25.1 Å². The highest BCUT2D eigenvalue weighted by Gasteiger charge is 2.27. The predicted octanol–water partition coefficient (Wildman–Crippen LogP) is 3.48. The van der Waals surface area contributed by atoms with Gasteiger partial charge in [0.2, 0.25) is 0 Å². The molecule has 3 N–H and O–H groups in total. The van der Waals surface area contributed by atoms with E-state index in [-0.39, 0.29) is 11.3 Å². The number of methoxy groups -OCH3 is 1. The highest BCUT2D eigenvalue weighted by atomic mass is 16.5. The smallest absolute Gasteiger partial charge is 0.122 e. The van der Waals surface area contributed by atoms with Gasteiger partial charge < -0.3 is 15.6 Å². The summed E-state index contributed by atoms with van der Waals surface area (Å²) in [5, 5.41) is 10.6. The quantitative estimate of drug-likeness (QED) is 0.844. The summed E-state index contributed by atoms with van der Waals surface area (Å²) in [5.41, 5.74) is 8.25. The Hall–Kier alpha value is -1.06. The number of aliphatic hydroxyl groups excluding tert-OH is 1. The van der Waals surface area contributed by atoms with Crippen molar-refractivity contribution in [2.24, 2.45) is 17.1 Å². The fourth-order valence-corrected chi connectivity index (χ4v) is 2.46. The molecule has 0 aliphatic rings. The third-order valence-corrected chi connectivity index (χ3v) is 4.65. The molecule has 3 heteroatoms. The minimum atomic E-state index is -0.434. The topological polar surface area (TPSA) is 55.5 Å². The highest BCUT2D eigenvalue weighted by molar-refractivity contribution is 5.38. The normalized spacial score (nSPS) is 16.4. The Morgan fingerprint density at radius 3 is 2.38 bits per heavy atom. The van der Waals surface area contributed by atoms with E-state index in [9.17, 15) is 5.11 Å². The van der Waals surface area contributed by atoms with Crippen LogP contribution in [0, 0.1) is 18.3 Å². The van der Waals surface area contributed by atoms with Gasteiger partial charge in [0.1, 0.15) is 5.75 Å². The maximum absolute atomic E-state index is 10.6. The Kier molecular flexibility index (Phi) is 6.24. The molecule has 1 aromatic carbocycles. The van der Waals surface area contributed by atoms with Crippen LogP contribution in [0.4, 0.5) is 0 Å². The lowest BCUT2D eigenvalue weighted by molar-refractivity contribution is 0.0894. The Balaban J connectivity index is 2.92. The van der Waals surface area contributed by atoms with Crippen LogP contribution in [0.15, 0.2) is 18.2 Å². The van der Waals surface area contributed by atoms with Crippen molar-refractivity contribution in [3.05, 3.63) is 29.3 Å². The van der Waals surface area contributed by atoms with E-state index in [1.54, 1.807) is 7.11 Å². The molecule has 3 atom stereocenters. The molecule has 0 saturated heterocycles. The molecule has 0 aliphatic heterocycles. The van der Waals surface area contributed by atoms with Crippen molar-refractivity contribution in [3.8, 4) is 5.75 Å². The summed E-state index contributed by atoms with van der Waals surface area (Å²) in [6, 6.07) is 6.06. The summed E-state index contributed by atoms with van der Waals surface area (Å²) in [6.45, 7) is 11.2. The maximum Gasteiger partial charge on any atom is 0.122 e. The van der Waals surface area contributed by atoms with Crippen LogP contribution in [-0.4, -0.2) is 24.9 Å². The number of aliphatic hydroxyl groups is 1. The van der Waals surface area contributed by atoms with Gasteiger partial charge >= 0.3 is 0 Å². The van der Waals surface area contributed by atoms with Crippen LogP contribution in [0.3, 0.4) is 0 Å². The molecular weight excluding hydrogens is 262 g/mol. The molecule has 120 valence electrons. The summed E-state index contributed by atoms with van der Waals surface area (Å²) in [4.78, 5) is 0. The van der Waals surface area contributed by atoms with E-state index in [2.05, 4.69) is 27.7 Å². The van der Waals surface area contributed by atoms with Crippen molar-refractivity contribution in [1.82, 2.24) is 0 Å². The molecule has 0 aromatic heterocycles. The summed E-state index contributed by atoms with van der Waals surface area (Å²) in [5.74, 6) is 1.22. The average molecular weight is 293 g/mol. The molecule has 0 bridgehead atoms. The first-order valence-electron chi connectivity index (χ1n) is 7.73. The van der Waals surface area contributed by atoms with Crippen molar-refractivity contribution in [2.75, 3.05) is 13.7 Å². The van der Waals surface area contributed by atoms with Crippen LogP contribution < -0.4 is 10.5 Å². The number of ether oxygens (including phenoxy) is 1. The Bertz CT molecular complexity index is 451. The molecule has 0 radical (unpaired) electrons. The highest BCUT2D eigenvalue weighted by Crippen LogP contribution is 2.33. The van der Waals surface area contributed by atoms with Gasteiger partial charge in [-0.3, -0.25) is 0 Å². The summed E-state index contributed by atoms with van der Waals surface area (Å²) in [6.07, 6.45) is 0.318.